The smallest absolute Gasteiger partial charge is 0.00581 e. The molecule has 0 spiro atoms. The molecule has 0 fully saturated rings. The lowest BCUT2D eigenvalue weighted by Crippen LogP contribution is -1.71. The first-order valence-corrected chi connectivity index (χ1v) is 4.16. The van der Waals surface area contributed by atoms with Gasteiger partial charge in [-0.15, -0.1) is 0 Å². The van der Waals surface area contributed by atoms with Crippen molar-refractivity contribution < 1.29 is 0 Å². The van der Waals surface area contributed by atoms with Crippen molar-refractivity contribution in [3.05, 3.63) is 47.2 Å². The Labute approximate surface area is 65.5 Å². The molecule has 0 nitrogen and oxygen atoms in total. The Bertz CT molecular complexity index is 207. The number of allylic oxidation sites excluding steroid dienone is 3. The van der Waals surface area contributed by atoms with Crippen LogP contribution >= 0.6 is 11.3 Å². The van der Waals surface area contributed by atoms with Crippen molar-refractivity contribution in [1.82, 2.24) is 0 Å². The Hall–Kier alpha value is -0.820. The summed E-state index contributed by atoms with van der Waals surface area (Å²) in [5.74, 6) is 0. The Morgan fingerprint density at radius 3 is 3.10 bits per heavy atom. The number of hydrogen-bond donors (Lipinski definition) is 0. The molecule has 0 amide bonds. The van der Waals surface area contributed by atoms with Gasteiger partial charge in [0.15, 0.2) is 0 Å². The SMILES string of the molecule is C=CC=CCc1ccsc1. The van der Waals surface area contributed by atoms with Crippen LogP contribution in [0.2, 0.25) is 0 Å². The van der Waals surface area contributed by atoms with Crippen LogP contribution in [0.15, 0.2) is 41.6 Å². The van der Waals surface area contributed by atoms with Gasteiger partial charge in [-0.3, -0.25) is 0 Å². The minimum Gasteiger partial charge on any atom is -0.152 e. The summed E-state index contributed by atoms with van der Waals surface area (Å²) in [4.78, 5) is 0. The zero-order chi connectivity index (χ0) is 7.23. The first kappa shape index (κ1) is 7.29. The molecule has 0 aliphatic rings. The third-order valence-corrected chi connectivity index (χ3v) is 1.94. The van der Waals surface area contributed by atoms with Gasteiger partial charge in [-0.05, 0) is 28.8 Å². The summed E-state index contributed by atoms with van der Waals surface area (Å²) >= 11 is 1.74. The van der Waals surface area contributed by atoms with Crippen molar-refractivity contribution in [3.63, 3.8) is 0 Å². The molecule has 1 heterocycles. The lowest BCUT2D eigenvalue weighted by atomic mass is 10.2. The van der Waals surface area contributed by atoms with Gasteiger partial charge in [0.1, 0.15) is 0 Å². The molecule has 0 aromatic carbocycles. The fourth-order valence-corrected chi connectivity index (χ4v) is 1.39. The van der Waals surface area contributed by atoms with Gasteiger partial charge in [-0.2, -0.15) is 11.3 Å². The molecule has 0 aliphatic heterocycles. The van der Waals surface area contributed by atoms with Gasteiger partial charge < -0.3 is 0 Å². The van der Waals surface area contributed by atoms with Crippen LogP contribution < -0.4 is 0 Å². The fourth-order valence-electron chi connectivity index (χ4n) is 0.709. The third-order valence-electron chi connectivity index (χ3n) is 1.21. The Morgan fingerprint density at radius 1 is 1.60 bits per heavy atom. The summed E-state index contributed by atoms with van der Waals surface area (Å²) in [5, 5.41) is 4.25. The molecule has 52 valence electrons. The average Bonchev–Trinajstić information content (AvgIpc) is 2.41. The number of thiophene rings is 1. The normalized spacial score (nSPS) is 10.4. The van der Waals surface area contributed by atoms with Crippen LogP contribution in [0.4, 0.5) is 0 Å². The maximum atomic E-state index is 3.60. The second-order valence-corrected chi connectivity index (χ2v) is 2.78. The highest BCUT2D eigenvalue weighted by molar-refractivity contribution is 7.07. The summed E-state index contributed by atoms with van der Waals surface area (Å²) in [6, 6.07) is 2.14. The van der Waals surface area contributed by atoms with Crippen LogP contribution in [0.25, 0.3) is 0 Å². The Morgan fingerprint density at radius 2 is 2.50 bits per heavy atom. The molecule has 1 heteroatoms. The predicted molar refractivity (Wildman–Crippen MR) is 47.4 cm³/mol. The maximum absolute atomic E-state index is 3.60. The molecule has 0 unspecified atom stereocenters. The van der Waals surface area contributed by atoms with E-state index in [9.17, 15) is 0 Å². The largest absolute Gasteiger partial charge is 0.152 e. The van der Waals surface area contributed by atoms with Crippen LogP contribution in [0.5, 0.6) is 0 Å². The average molecular weight is 150 g/mol. The van der Waals surface area contributed by atoms with Gasteiger partial charge in [0, 0.05) is 0 Å². The lowest BCUT2D eigenvalue weighted by molar-refractivity contribution is 1.30. The molecule has 10 heavy (non-hydrogen) atoms. The van der Waals surface area contributed by atoms with Gasteiger partial charge >= 0.3 is 0 Å². The van der Waals surface area contributed by atoms with Crippen molar-refractivity contribution in [2.75, 3.05) is 0 Å². The van der Waals surface area contributed by atoms with Crippen molar-refractivity contribution in [2.24, 2.45) is 0 Å². The number of rotatable bonds is 3. The highest BCUT2D eigenvalue weighted by Crippen LogP contribution is 2.06. The standard InChI is InChI=1S/C9H10S/c1-2-3-4-5-9-6-7-10-8-9/h2-4,6-8H,1,5H2. The summed E-state index contributed by atoms with van der Waals surface area (Å²) in [7, 11) is 0. The van der Waals surface area contributed by atoms with E-state index in [-0.39, 0.29) is 0 Å². The molecular formula is C9H10S. The van der Waals surface area contributed by atoms with Crippen molar-refractivity contribution in [2.45, 2.75) is 6.42 Å². The highest BCUT2D eigenvalue weighted by atomic mass is 32.1. The van der Waals surface area contributed by atoms with E-state index in [0.29, 0.717) is 0 Å². The van der Waals surface area contributed by atoms with Crippen LogP contribution in [-0.2, 0) is 6.42 Å². The molecule has 1 rings (SSSR count). The van der Waals surface area contributed by atoms with Gasteiger partial charge in [0.05, 0.1) is 0 Å². The molecule has 0 N–H and O–H groups in total. The van der Waals surface area contributed by atoms with Crippen molar-refractivity contribution >= 4 is 11.3 Å². The quantitative estimate of drug-likeness (QED) is 0.581. The molecule has 0 radical (unpaired) electrons. The first-order chi connectivity index (χ1) is 4.93. The minimum atomic E-state index is 1.02. The van der Waals surface area contributed by atoms with E-state index in [0.717, 1.165) is 6.42 Å². The van der Waals surface area contributed by atoms with Gasteiger partial charge in [0.2, 0.25) is 0 Å². The Balaban J connectivity index is 2.41. The van der Waals surface area contributed by atoms with E-state index in [1.165, 1.54) is 5.56 Å². The van der Waals surface area contributed by atoms with Crippen LogP contribution in [-0.4, -0.2) is 0 Å². The van der Waals surface area contributed by atoms with E-state index in [1.807, 2.05) is 6.08 Å². The zero-order valence-corrected chi connectivity index (χ0v) is 6.60. The third kappa shape index (κ3) is 2.19. The topological polar surface area (TPSA) is 0 Å². The number of hydrogen-bond acceptors (Lipinski definition) is 1. The molecule has 0 bridgehead atoms. The van der Waals surface area contributed by atoms with E-state index in [2.05, 4.69) is 29.5 Å². The van der Waals surface area contributed by atoms with Crippen LogP contribution in [0, 0.1) is 0 Å². The van der Waals surface area contributed by atoms with Gasteiger partial charge in [-0.25, -0.2) is 0 Å². The van der Waals surface area contributed by atoms with Crippen molar-refractivity contribution in [3.8, 4) is 0 Å². The van der Waals surface area contributed by atoms with E-state index < -0.39 is 0 Å². The molecule has 1 aromatic heterocycles. The lowest BCUT2D eigenvalue weighted by Gasteiger charge is -1.84. The second kappa shape index (κ2) is 4.07. The van der Waals surface area contributed by atoms with Gasteiger partial charge in [0.25, 0.3) is 0 Å². The molecule has 0 atom stereocenters. The molecule has 0 aliphatic carbocycles. The van der Waals surface area contributed by atoms with Crippen molar-refractivity contribution in [1.29, 1.82) is 0 Å². The van der Waals surface area contributed by atoms with E-state index in [4.69, 9.17) is 0 Å². The van der Waals surface area contributed by atoms with Crippen LogP contribution in [0.3, 0.4) is 0 Å². The monoisotopic (exact) mass is 150 g/mol. The fraction of sp³-hybridized carbons (Fsp3) is 0.111. The summed E-state index contributed by atoms with van der Waals surface area (Å²) in [5.41, 5.74) is 1.38. The summed E-state index contributed by atoms with van der Waals surface area (Å²) in [6.45, 7) is 3.60. The molecular weight excluding hydrogens is 140 g/mol. The van der Waals surface area contributed by atoms with Gasteiger partial charge in [-0.1, -0.05) is 24.8 Å². The molecule has 1 aromatic rings. The van der Waals surface area contributed by atoms with Crippen LogP contribution in [0.1, 0.15) is 5.56 Å². The summed E-state index contributed by atoms with van der Waals surface area (Å²) < 4.78 is 0. The maximum Gasteiger partial charge on any atom is -0.00581 e. The zero-order valence-electron chi connectivity index (χ0n) is 5.79. The Kier molecular flexibility index (Phi) is 2.97. The van der Waals surface area contributed by atoms with E-state index >= 15 is 0 Å². The molecule has 0 saturated carbocycles. The predicted octanol–water partition coefficient (Wildman–Crippen LogP) is 3.03. The first-order valence-electron chi connectivity index (χ1n) is 3.22. The second-order valence-electron chi connectivity index (χ2n) is 2.00. The molecule has 0 saturated heterocycles. The van der Waals surface area contributed by atoms with E-state index in [1.54, 1.807) is 17.4 Å². The minimum absolute atomic E-state index is 1.02. The summed E-state index contributed by atoms with van der Waals surface area (Å²) in [6.07, 6.45) is 6.90. The highest BCUT2D eigenvalue weighted by Gasteiger charge is 1.85.